The van der Waals surface area contributed by atoms with Crippen LogP contribution in [-0.4, -0.2) is 276 Å². The zero-order valence-electron chi connectivity index (χ0n) is 62.0. The zero-order valence-corrected chi connectivity index (χ0v) is 62.0. The SMILES string of the molecule is CC[C@@H]1NC(=O)[C@@H]2[C@@H]([C@H](C)C/C=C/CCO)ON2C(=O)[C@H](C(C)C)N(C)C(=O)[C@H](CC(C)C)N(C)C(=O)[C@H](CC(C)C)N(C)C(=O)[C@@H](C)NC(=O)[C@H](C)NC(=O)[C@H](CC(C)C)N(C)C(=O)[C@H](C(C)C)NC(=O)[C@H]([C@@H](C)OCCCCN2CCOCC2)N(C)C(=O)[C@@H](C)N(C)C1=O. The fourth-order valence-corrected chi connectivity index (χ4v) is 12.6. The molecule has 3 aliphatic heterocycles. The molecule has 0 aliphatic carbocycles. The maximum atomic E-state index is 15.2. The standard InChI is InChI=1S/C69H122N12O15/c1-23-50-65(89)74(17)48(15)64(88)79(22)56(49(16)95-34-28-26-30-80-31-35-94-36-32-80)61(85)73-54(43(8)9)68(92)75(18)51(37-40(2)3)60(84)70-46(13)59(83)71-47(14)63(87)76(19)52(38-41(4)5)66(90)77(20)53(39-42(6)7)67(91)78(21)55(44(10)11)69(93)81-57(62(86)72-50)58(96-81)45(12)29-25-24-27-33-82/h24-25,40-58,82H,23,26-39H2,1-22H3,(H,70,84)(H,71,83)(H,72,86)(H,73,85)/b25-24+/t45-,46+,47-,48-,49-,50+,51+,52+,53+,54+,55+,56+,57+,58-/m1/s1. The average Bonchev–Trinajstić information content (AvgIpc) is 0.758. The summed E-state index contributed by atoms with van der Waals surface area (Å²) in [6.07, 6.45) is 4.32. The molecule has 3 rings (SSSR count). The number of carbonyl (C=O) groups excluding carboxylic acids is 11. The van der Waals surface area contributed by atoms with Gasteiger partial charge in [-0.3, -0.25) is 62.5 Å². The second-order valence-corrected chi connectivity index (χ2v) is 28.7. The molecule has 11 amide bonds. The zero-order chi connectivity index (χ0) is 72.9. The first-order valence-electron chi connectivity index (χ1n) is 34.9. The Hall–Kier alpha value is -6.29. The van der Waals surface area contributed by atoms with Gasteiger partial charge in [0.25, 0.3) is 5.91 Å². The van der Waals surface area contributed by atoms with Gasteiger partial charge in [0.15, 0.2) is 6.04 Å². The van der Waals surface area contributed by atoms with E-state index in [4.69, 9.17) is 14.3 Å². The number of ether oxygens (including phenoxy) is 2. The van der Waals surface area contributed by atoms with Crippen LogP contribution in [0.2, 0.25) is 0 Å². The predicted molar refractivity (Wildman–Crippen MR) is 364 cm³/mol. The highest BCUT2D eigenvalue weighted by Gasteiger charge is 2.55. The van der Waals surface area contributed by atoms with Gasteiger partial charge >= 0.3 is 0 Å². The number of allylic oxidation sites excluding steroid dienone is 1. The minimum Gasteiger partial charge on any atom is -0.396 e. The smallest absolute Gasteiger partial charge is 0.270 e. The molecule has 0 spiro atoms. The fourth-order valence-electron chi connectivity index (χ4n) is 12.6. The number of hydrogen-bond donors (Lipinski definition) is 5. The molecule has 14 atom stereocenters. The van der Waals surface area contributed by atoms with E-state index in [0.29, 0.717) is 32.5 Å². The quantitative estimate of drug-likeness (QED) is 0.0815. The second-order valence-electron chi connectivity index (χ2n) is 28.7. The highest BCUT2D eigenvalue weighted by Crippen LogP contribution is 2.34. The average molecular weight is 1360 g/mol. The monoisotopic (exact) mass is 1360 g/mol. The molecule has 0 saturated carbocycles. The third kappa shape index (κ3) is 22.9. The van der Waals surface area contributed by atoms with Crippen molar-refractivity contribution in [2.75, 3.05) is 88.3 Å². The van der Waals surface area contributed by atoms with Crippen LogP contribution in [0.4, 0.5) is 0 Å². The van der Waals surface area contributed by atoms with Gasteiger partial charge in [-0.25, -0.2) is 5.06 Å². The molecule has 5 N–H and O–H groups in total. The Morgan fingerprint density at radius 3 is 1.58 bits per heavy atom. The Bertz CT molecular complexity index is 2640. The third-order valence-corrected chi connectivity index (χ3v) is 18.7. The van der Waals surface area contributed by atoms with Crippen LogP contribution in [0.5, 0.6) is 0 Å². The summed E-state index contributed by atoms with van der Waals surface area (Å²) in [5.41, 5.74) is 0. The summed E-state index contributed by atoms with van der Waals surface area (Å²) < 4.78 is 11.9. The van der Waals surface area contributed by atoms with E-state index in [2.05, 4.69) is 26.2 Å². The van der Waals surface area contributed by atoms with Crippen LogP contribution in [0.25, 0.3) is 0 Å². The number of rotatable bonds is 21. The lowest BCUT2D eigenvalue weighted by Crippen LogP contribution is -2.72. The molecule has 3 saturated heterocycles. The van der Waals surface area contributed by atoms with Crippen LogP contribution in [0, 0.1) is 35.5 Å². The Kier molecular flexibility index (Phi) is 34.4. The normalized spacial score (nSPS) is 28.3. The number of nitrogens with one attached hydrogen (secondary N) is 4. The summed E-state index contributed by atoms with van der Waals surface area (Å²) in [5, 5.41) is 21.6. The molecular weight excluding hydrogens is 1240 g/mol. The van der Waals surface area contributed by atoms with Crippen LogP contribution in [0.3, 0.4) is 0 Å². The first kappa shape index (κ1) is 83.9. The van der Waals surface area contributed by atoms with Crippen LogP contribution < -0.4 is 21.3 Å². The number of morpholine rings is 1. The lowest BCUT2D eigenvalue weighted by molar-refractivity contribution is -0.321. The van der Waals surface area contributed by atoms with E-state index >= 15 is 24.0 Å². The molecule has 0 radical (unpaired) electrons. The molecule has 27 nitrogen and oxygen atoms in total. The number of aliphatic hydroxyl groups excluding tert-OH is 1. The van der Waals surface area contributed by atoms with Crippen LogP contribution in [0.15, 0.2) is 12.2 Å². The van der Waals surface area contributed by atoms with Crippen molar-refractivity contribution in [2.45, 2.75) is 241 Å². The number of amides is 11. The van der Waals surface area contributed by atoms with Gasteiger partial charge < -0.3 is 65.2 Å². The molecule has 0 unspecified atom stereocenters. The molecule has 0 aromatic heterocycles. The number of aliphatic hydroxyl groups is 1. The highest BCUT2D eigenvalue weighted by molar-refractivity contribution is 6.00. The Labute approximate surface area is 572 Å². The molecule has 27 heteroatoms. The van der Waals surface area contributed by atoms with Crippen molar-refractivity contribution in [1.82, 2.24) is 60.6 Å². The molecule has 3 fully saturated rings. The second kappa shape index (κ2) is 39.3. The van der Waals surface area contributed by atoms with Crippen molar-refractivity contribution < 1.29 is 72.2 Å². The first-order valence-corrected chi connectivity index (χ1v) is 34.9. The van der Waals surface area contributed by atoms with Crippen molar-refractivity contribution in [1.29, 1.82) is 0 Å². The van der Waals surface area contributed by atoms with E-state index in [0.717, 1.165) is 31.1 Å². The van der Waals surface area contributed by atoms with Crippen molar-refractivity contribution in [3.8, 4) is 0 Å². The number of likely N-dealkylation sites (N-methyl/N-ethyl adjacent to an activating group) is 6. The van der Waals surface area contributed by atoms with E-state index in [9.17, 15) is 33.9 Å². The van der Waals surface area contributed by atoms with E-state index in [-0.39, 0.29) is 56.7 Å². The van der Waals surface area contributed by atoms with Crippen LogP contribution in [0.1, 0.15) is 162 Å². The number of nitrogens with zero attached hydrogens (tertiary/aromatic N) is 8. The fraction of sp³-hybridized carbons (Fsp3) is 0.812. The predicted octanol–water partition coefficient (Wildman–Crippen LogP) is 2.81. The molecule has 0 bridgehead atoms. The number of unbranched alkanes of at least 4 members (excludes halogenated alkanes) is 1. The highest BCUT2D eigenvalue weighted by atomic mass is 16.7. The Morgan fingerprint density at radius 1 is 0.531 bits per heavy atom. The Balaban J connectivity index is 2.29. The van der Waals surface area contributed by atoms with Gasteiger partial charge in [0.05, 0.1) is 19.3 Å². The summed E-state index contributed by atoms with van der Waals surface area (Å²) in [6, 6.07) is -13.8. The topological polar surface area (TPSA) is 310 Å². The summed E-state index contributed by atoms with van der Waals surface area (Å²) in [4.78, 5) is 179. The van der Waals surface area contributed by atoms with Gasteiger partial charge in [0.1, 0.15) is 66.5 Å². The van der Waals surface area contributed by atoms with Gasteiger partial charge in [0.2, 0.25) is 59.1 Å². The minimum absolute atomic E-state index is 0.0296. The summed E-state index contributed by atoms with van der Waals surface area (Å²) >= 11 is 0. The number of hydrogen-bond acceptors (Lipinski definition) is 16. The van der Waals surface area contributed by atoms with E-state index in [1.54, 1.807) is 47.6 Å². The summed E-state index contributed by atoms with van der Waals surface area (Å²) in [5.74, 6) is -9.59. The molecule has 3 aliphatic rings. The molecule has 0 aromatic rings. The maximum Gasteiger partial charge on any atom is 0.270 e. The van der Waals surface area contributed by atoms with E-state index in [1.165, 1.54) is 92.5 Å². The number of fused-ring (bicyclic) bond motifs is 1. The van der Waals surface area contributed by atoms with Gasteiger partial charge in [-0.2, -0.15) is 0 Å². The van der Waals surface area contributed by atoms with Gasteiger partial charge in [0, 0.05) is 68.6 Å². The largest absolute Gasteiger partial charge is 0.396 e. The molecular formula is C69H122N12O15. The van der Waals surface area contributed by atoms with Crippen molar-refractivity contribution in [2.24, 2.45) is 35.5 Å². The molecule has 96 heavy (non-hydrogen) atoms. The molecule has 548 valence electrons. The van der Waals surface area contributed by atoms with Crippen LogP contribution in [-0.2, 0) is 67.1 Å². The van der Waals surface area contributed by atoms with Crippen LogP contribution >= 0.6 is 0 Å². The first-order chi connectivity index (χ1) is 44.9. The van der Waals surface area contributed by atoms with Crippen molar-refractivity contribution in [3.63, 3.8) is 0 Å². The minimum atomic E-state index is -1.39. The van der Waals surface area contributed by atoms with Crippen molar-refractivity contribution >= 4 is 65.0 Å². The van der Waals surface area contributed by atoms with E-state index < -0.39 is 161 Å². The van der Waals surface area contributed by atoms with Gasteiger partial charge in [-0.15, -0.1) is 0 Å². The van der Waals surface area contributed by atoms with E-state index in [1.807, 2.05) is 54.5 Å². The van der Waals surface area contributed by atoms with Crippen molar-refractivity contribution in [3.05, 3.63) is 12.2 Å². The third-order valence-electron chi connectivity index (χ3n) is 18.7. The van der Waals surface area contributed by atoms with Gasteiger partial charge in [-0.1, -0.05) is 95.2 Å². The Morgan fingerprint density at radius 2 is 1.05 bits per heavy atom. The van der Waals surface area contributed by atoms with Gasteiger partial charge in [-0.05, 0) is 121 Å². The maximum absolute atomic E-state index is 15.2. The summed E-state index contributed by atoms with van der Waals surface area (Å²) in [7, 11) is 8.60. The number of carbonyl (C=O) groups is 11. The molecule has 3 heterocycles. The number of hydroxylamine groups is 2. The summed E-state index contributed by atoms with van der Waals surface area (Å²) in [6.45, 7) is 31.5. The molecule has 0 aromatic carbocycles. The lowest BCUT2D eigenvalue weighted by atomic mass is 9.89. The lowest BCUT2D eigenvalue weighted by Gasteiger charge is -2.50.